The molecule has 0 aromatic carbocycles. The van der Waals surface area contributed by atoms with Crippen LogP contribution in [-0.4, -0.2) is 6.04 Å². The highest BCUT2D eigenvalue weighted by Crippen LogP contribution is 2.20. The molecule has 2 aromatic heterocycles. The molecule has 2 heterocycles. The van der Waals surface area contributed by atoms with E-state index in [1.165, 1.54) is 0 Å². The first-order valence-corrected chi connectivity index (χ1v) is 6.98. The Morgan fingerprint density at radius 3 is 2.72 bits per heavy atom. The highest BCUT2D eigenvalue weighted by atomic mass is 79.9. The van der Waals surface area contributed by atoms with Gasteiger partial charge in [-0.1, -0.05) is 0 Å². The summed E-state index contributed by atoms with van der Waals surface area (Å²) in [6, 6.07) is 8.47. The van der Waals surface area contributed by atoms with Crippen molar-refractivity contribution < 1.29 is 8.83 Å². The number of hydrogen-bond donors (Lipinski definition) is 1. The Morgan fingerprint density at radius 1 is 1.28 bits per heavy atom. The molecule has 0 radical (unpaired) electrons. The molecule has 0 saturated carbocycles. The van der Waals surface area contributed by atoms with Gasteiger partial charge in [-0.15, -0.1) is 0 Å². The number of furan rings is 2. The summed E-state index contributed by atoms with van der Waals surface area (Å²) in [6.07, 6.45) is 3.71. The molecular formula is C14H18BrNO2. The number of hydrogen-bond acceptors (Lipinski definition) is 3. The molecule has 0 aliphatic rings. The fraction of sp³-hybridized carbons (Fsp3) is 0.429. The molecular weight excluding hydrogens is 294 g/mol. The first kappa shape index (κ1) is 13.4. The summed E-state index contributed by atoms with van der Waals surface area (Å²) in [5, 5.41) is 3.52. The molecule has 4 heteroatoms. The van der Waals surface area contributed by atoms with Gasteiger partial charge in [0.15, 0.2) is 4.67 Å². The van der Waals surface area contributed by atoms with Gasteiger partial charge in [-0.05, 0) is 60.5 Å². The monoisotopic (exact) mass is 311 g/mol. The van der Waals surface area contributed by atoms with E-state index in [4.69, 9.17) is 8.83 Å². The summed E-state index contributed by atoms with van der Waals surface area (Å²) in [4.78, 5) is 0. The van der Waals surface area contributed by atoms with Crippen molar-refractivity contribution in [2.45, 2.75) is 38.8 Å². The van der Waals surface area contributed by atoms with E-state index in [0.717, 1.165) is 29.0 Å². The zero-order valence-corrected chi connectivity index (χ0v) is 12.2. The van der Waals surface area contributed by atoms with Gasteiger partial charge in [-0.3, -0.25) is 0 Å². The lowest BCUT2D eigenvalue weighted by molar-refractivity contribution is 0.375. The lowest BCUT2D eigenvalue weighted by atomic mass is 10.1. The van der Waals surface area contributed by atoms with Crippen molar-refractivity contribution in [2.75, 3.05) is 0 Å². The maximum absolute atomic E-state index is 5.53. The summed E-state index contributed by atoms with van der Waals surface area (Å²) in [5.74, 6) is 1.99. The second-order valence-electron chi connectivity index (χ2n) is 4.55. The Bertz CT molecular complexity index is 464. The molecule has 18 heavy (non-hydrogen) atoms. The summed E-state index contributed by atoms with van der Waals surface area (Å²) in [7, 11) is 0. The van der Waals surface area contributed by atoms with Crippen LogP contribution in [0.5, 0.6) is 0 Å². The van der Waals surface area contributed by atoms with E-state index in [2.05, 4.69) is 35.1 Å². The van der Waals surface area contributed by atoms with Gasteiger partial charge < -0.3 is 14.2 Å². The van der Waals surface area contributed by atoms with Crippen molar-refractivity contribution in [3.05, 3.63) is 46.7 Å². The highest BCUT2D eigenvalue weighted by Gasteiger charge is 2.13. The van der Waals surface area contributed by atoms with Crippen molar-refractivity contribution in [2.24, 2.45) is 0 Å². The molecule has 2 aromatic rings. The van der Waals surface area contributed by atoms with Crippen molar-refractivity contribution in [1.82, 2.24) is 5.32 Å². The molecule has 3 nitrogen and oxygen atoms in total. The van der Waals surface area contributed by atoms with Gasteiger partial charge in [-0.2, -0.15) is 0 Å². The topological polar surface area (TPSA) is 38.3 Å². The Morgan fingerprint density at radius 2 is 2.11 bits per heavy atom. The van der Waals surface area contributed by atoms with Gasteiger partial charge in [0.1, 0.15) is 11.5 Å². The van der Waals surface area contributed by atoms with Crippen molar-refractivity contribution in [3.63, 3.8) is 0 Å². The van der Waals surface area contributed by atoms with Crippen LogP contribution >= 0.6 is 15.9 Å². The Kier molecular flexibility index (Phi) is 4.66. The molecule has 0 fully saturated rings. The van der Waals surface area contributed by atoms with Gasteiger partial charge in [-0.25, -0.2) is 0 Å². The number of halogens is 1. The standard InChI is InChI=1S/C14H18BrNO2/c1-10(5-6-12-4-3-9-17-12)16-11(2)13-7-8-14(15)18-13/h3-4,7-11,16H,5-6H2,1-2H3. The van der Waals surface area contributed by atoms with Crippen LogP contribution in [0.4, 0.5) is 0 Å². The van der Waals surface area contributed by atoms with E-state index >= 15 is 0 Å². The molecule has 0 spiro atoms. The average Bonchev–Trinajstić information content (AvgIpc) is 2.97. The van der Waals surface area contributed by atoms with Crippen molar-refractivity contribution in [1.29, 1.82) is 0 Å². The number of rotatable bonds is 6. The summed E-state index contributed by atoms with van der Waals surface area (Å²) >= 11 is 3.32. The Balaban J connectivity index is 1.78. The fourth-order valence-corrected chi connectivity index (χ4v) is 2.29. The Labute approximate surface area is 116 Å². The fourth-order valence-electron chi connectivity index (χ4n) is 1.97. The van der Waals surface area contributed by atoms with Crippen molar-refractivity contribution in [3.8, 4) is 0 Å². The quantitative estimate of drug-likeness (QED) is 0.864. The molecule has 0 saturated heterocycles. The van der Waals surface area contributed by atoms with Crippen LogP contribution in [0, 0.1) is 0 Å². The van der Waals surface area contributed by atoms with Crippen LogP contribution in [0.2, 0.25) is 0 Å². The maximum atomic E-state index is 5.53. The molecule has 2 unspecified atom stereocenters. The van der Waals surface area contributed by atoms with Crippen LogP contribution in [-0.2, 0) is 6.42 Å². The second-order valence-corrected chi connectivity index (χ2v) is 5.33. The summed E-state index contributed by atoms with van der Waals surface area (Å²) in [6.45, 7) is 4.28. The summed E-state index contributed by atoms with van der Waals surface area (Å²) in [5.41, 5.74) is 0. The minimum atomic E-state index is 0.211. The molecule has 0 bridgehead atoms. The lowest BCUT2D eigenvalue weighted by Gasteiger charge is -2.18. The lowest BCUT2D eigenvalue weighted by Crippen LogP contribution is -2.29. The van der Waals surface area contributed by atoms with Gasteiger partial charge in [0.25, 0.3) is 0 Å². The Hall–Kier alpha value is -1.000. The SMILES string of the molecule is CC(CCc1ccco1)NC(C)c1ccc(Br)o1. The van der Waals surface area contributed by atoms with Gasteiger partial charge in [0, 0.05) is 12.5 Å². The largest absolute Gasteiger partial charge is 0.469 e. The minimum Gasteiger partial charge on any atom is -0.469 e. The predicted octanol–water partition coefficient (Wildman–Crippen LogP) is 4.31. The van der Waals surface area contributed by atoms with Crippen LogP contribution < -0.4 is 5.32 Å². The van der Waals surface area contributed by atoms with Gasteiger partial charge in [0.05, 0.1) is 12.3 Å². The van der Waals surface area contributed by atoms with Gasteiger partial charge in [0.2, 0.25) is 0 Å². The average molecular weight is 312 g/mol. The molecule has 98 valence electrons. The maximum Gasteiger partial charge on any atom is 0.169 e. The highest BCUT2D eigenvalue weighted by molar-refractivity contribution is 9.10. The third kappa shape index (κ3) is 3.75. The van der Waals surface area contributed by atoms with E-state index in [1.807, 2.05) is 24.3 Å². The van der Waals surface area contributed by atoms with Crippen LogP contribution in [0.15, 0.2) is 44.0 Å². The number of nitrogens with one attached hydrogen (secondary N) is 1. The van der Waals surface area contributed by atoms with E-state index in [9.17, 15) is 0 Å². The normalized spacial score (nSPS) is 14.6. The van der Waals surface area contributed by atoms with E-state index in [1.54, 1.807) is 6.26 Å². The van der Waals surface area contributed by atoms with Gasteiger partial charge >= 0.3 is 0 Å². The predicted molar refractivity (Wildman–Crippen MR) is 74.4 cm³/mol. The van der Waals surface area contributed by atoms with Crippen LogP contribution in [0.25, 0.3) is 0 Å². The first-order valence-electron chi connectivity index (χ1n) is 6.19. The third-order valence-corrected chi connectivity index (χ3v) is 3.39. The first-order chi connectivity index (χ1) is 8.65. The van der Waals surface area contributed by atoms with E-state index in [-0.39, 0.29) is 6.04 Å². The smallest absolute Gasteiger partial charge is 0.169 e. The zero-order valence-electron chi connectivity index (χ0n) is 10.7. The second kappa shape index (κ2) is 6.25. The molecule has 0 aliphatic carbocycles. The van der Waals surface area contributed by atoms with E-state index < -0.39 is 0 Å². The summed E-state index contributed by atoms with van der Waals surface area (Å²) < 4.78 is 11.6. The van der Waals surface area contributed by atoms with Crippen LogP contribution in [0.3, 0.4) is 0 Å². The zero-order chi connectivity index (χ0) is 13.0. The molecule has 1 N–H and O–H groups in total. The molecule has 2 rings (SSSR count). The molecule has 0 amide bonds. The van der Waals surface area contributed by atoms with E-state index in [0.29, 0.717) is 6.04 Å². The van der Waals surface area contributed by atoms with Crippen molar-refractivity contribution >= 4 is 15.9 Å². The minimum absolute atomic E-state index is 0.211. The molecule has 0 aliphatic heterocycles. The van der Waals surface area contributed by atoms with Crippen LogP contribution in [0.1, 0.15) is 37.8 Å². The molecule has 2 atom stereocenters. The number of aryl methyl sites for hydroxylation is 1. The third-order valence-electron chi connectivity index (χ3n) is 2.96.